The monoisotopic (exact) mass is 247 g/mol. The van der Waals surface area contributed by atoms with Gasteiger partial charge >= 0.3 is 0 Å². The van der Waals surface area contributed by atoms with Gasteiger partial charge in [-0.2, -0.15) is 0 Å². The predicted molar refractivity (Wildman–Crippen MR) is 68.0 cm³/mol. The van der Waals surface area contributed by atoms with Crippen LogP contribution in [0.5, 0.6) is 0 Å². The molecule has 0 spiro atoms. The van der Waals surface area contributed by atoms with Crippen LogP contribution < -0.4 is 5.73 Å². The van der Waals surface area contributed by atoms with E-state index in [4.69, 9.17) is 5.73 Å². The second-order valence-corrected chi connectivity index (χ2v) is 8.21. The molecular weight excluding hydrogens is 222 g/mol. The molecule has 0 aromatic carbocycles. The van der Waals surface area contributed by atoms with Gasteiger partial charge in [-0.25, -0.2) is 8.42 Å². The van der Waals surface area contributed by atoms with Crippen LogP contribution in [-0.2, 0) is 9.84 Å². The Kier molecular flexibility index (Phi) is 4.41. The van der Waals surface area contributed by atoms with Crippen LogP contribution in [0, 0.1) is 11.8 Å². The zero-order chi connectivity index (χ0) is 12.4. The summed E-state index contributed by atoms with van der Waals surface area (Å²) in [5, 5.41) is 0. The Labute approximate surface area is 99.7 Å². The van der Waals surface area contributed by atoms with Gasteiger partial charge in [-0.15, -0.1) is 0 Å². The molecule has 2 atom stereocenters. The molecule has 1 saturated carbocycles. The summed E-state index contributed by atoms with van der Waals surface area (Å²) in [4.78, 5) is 0. The summed E-state index contributed by atoms with van der Waals surface area (Å²) in [7, 11) is -2.83. The molecule has 2 N–H and O–H groups in total. The molecule has 0 saturated heterocycles. The second kappa shape index (κ2) is 5.05. The average molecular weight is 247 g/mol. The van der Waals surface area contributed by atoms with E-state index in [2.05, 4.69) is 13.8 Å². The highest BCUT2D eigenvalue weighted by Crippen LogP contribution is 2.36. The van der Waals surface area contributed by atoms with Crippen LogP contribution in [0.15, 0.2) is 0 Å². The lowest BCUT2D eigenvalue weighted by atomic mass is 9.70. The maximum absolute atomic E-state index is 11.1. The fourth-order valence-electron chi connectivity index (χ4n) is 3.22. The lowest BCUT2D eigenvalue weighted by molar-refractivity contribution is 0.172. The Balaban J connectivity index is 2.45. The van der Waals surface area contributed by atoms with Crippen molar-refractivity contribution in [3.8, 4) is 0 Å². The molecule has 0 aromatic heterocycles. The standard InChI is InChI=1S/C12H25NO2S/c1-10-7-11(2)9-12(13,8-10)5-4-6-16(3,14)15/h10-11H,4-9,13H2,1-3H3. The summed E-state index contributed by atoms with van der Waals surface area (Å²) < 4.78 is 22.1. The van der Waals surface area contributed by atoms with Gasteiger partial charge in [0.05, 0.1) is 0 Å². The van der Waals surface area contributed by atoms with Crippen LogP contribution in [0.3, 0.4) is 0 Å². The summed E-state index contributed by atoms with van der Waals surface area (Å²) >= 11 is 0. The van der Waals surface area contributed by atoms with E-state index in [9.17, 15) is 8.42 Å². The van der Waals surface area contributed by atoms with E-state index in [1.54, 1.807) is 0 Å². The van der Waals surface area contributed by atoms with Crippen molar-refractivity contribution in [2.24, 2.45) is 17.6 Å². The maximum Gasteiger partial charge on any atom is 0.147 e. The fourth-order valence-corrected chi connectivity index (χ4v) is 3.88. The van der Waals surface area contributed by atoms with Crippen molar-refractivity contribution < 1.29 is 8.42 Å². The predicted octanol–water partition coefficient (Wildman–Crippen LogP) is 1.96. The molecule has 0 radical (unpaired) electrons. The normalized spacial score (nSPS) is 36.2. The van der Waals surface area contributed by atoms with E-state index in [0.717, 1.165) is 19.3 Å². The fraction of sp³-hybridized carbons (Fsp3) is 1.00. The van der Waals surface area contributed by atoms with Crippen LogP contribution in [0.4, 0.5) is 0 Å². The molecule has 1 aliphatic rings. The average Bonchev–Trinajstić information content (AvgIpc) is 1.96. The van der Waals surface area contributed by atoms with Gasteiger partial charge in [0.25, 0.3) is 0 Å². The number of sulfone groups is 1. The van der Waals surface area contributed by atoms with Crippen LogP contribution in [0.1, 0.15) is 46.0 Å². The third-order valence-corrected chi connectivity index (χ3v) is 4.53. The van der Waals surface area contributed by atoms with Crippen molar-refractivity contribution in [2.45, 2.75) is 51.5 Å². The van der Waals surface area contributed by atoms with E-state index in [-0.39, 0.29) is 11.3 Å². The molecule has 4 heteroatoms. The first-order chi connectivity index (χ1) is 7.20. The lowest BCUT2D eigenvalue weighted by Gasteiger charge is -2.40. The lowest BCUT2D eigenvalue weighted by Crippen LogP contribution is -2.46. The molecule has 0 aromatic rings. The molecule has 3 nitrogen and oxygen atoms in total. The van der Waals surface area contributed by atoms with Gasteiger partial charge in [0, 0.05) is 17.5 Å². The smallest absolute Gasteiger partial charge is 0.147 e. The van der Waals surface area contributed by atoms with Gasteiger partial charge in [0.1, 0.15) is 9.84 Å². The molecule has 16 heavy (non-hydrogen) atoms. The highest BCUT2D eigenvalue weighted by molar-refractivity contribution is 7.90. The summed E-state index contributed by atoms with van der Waals surface area (Å²) in [6.45, 7) is 4.49. The van der Waals surface area contributed by atoms with Crippen molar-refractivity contribution in [1.29, 1.82) is 0 Å². The van der Waals surface area contributed by atoms with E-state index in [0.29, 0.717) is 18.3 Å². The van der Waals surface area contributed by atoms with Crippen LogP contribution in [0.2, 0.25) is 0 Å². The molecule has 1 rings (SSSR count). The van der Waals surface area contributed by atoms with E-state index in [1.807, 2.05) is 0 Å². The molecular formula is C12H25NO2S. The number of hydrogen-bond donors (Lipinski definition) is 1. The highest BCUT2D eigenvalue weighted by Gasteiger charge is 2.33. The zero-order valence-corrected chi connectivity index (χ0v) is 11.5. The quantitative estimate of drug-likeness (QED) is 0.826. The first-order valence-electron chi connectivity index (χ1n) is 6.17. The Morgan fingerprint density at radius 3 is 2.19 bits per heavy atom. The summed E-state index contributed by atoms with van der Waals surface area (Å²) in [5.41, 5.74) is 6.25. The Morgan fingerprint density at radius 1 is 1.25 bits per heavy atom. The highest BCUT2D eigenvalue weighted by atomic mass is 32.2. The maximum atomic E-state index is 11.1. The van der Waals surface area contributed by atoms with Crippen molar-refractivity contribution in [1.82, 2.24) is 0 Å². The largest absolute Gasteiger partial charge is 0.325 e. The molecule has 0 heterocycles. The van der Waals surface area contributed by atoms with Crippen molar-refractivity contribution >= 4 is 9.84 Å². The first-order valence-corrected chi connectivity index (χ1v) is 8.23. The number of hydrogen-bond acceptors (Lipinski definition) is 3. The molecule has 0 bridgehead atoms. The molecule has 96 valence electrons. The summed E-state index contributed by atoms with van der Waals surface area (Å²) in [6, 6.07) is 0. The van der Waals surface area contributed by atoms with E-state index >= 15 is 0 Å². The minimum Gasteiger partial charge on any atom is -0.325 e. The van der Waals surface area contributed by atoms with E-state index in [1.165, 1.54) is 12.7 Å². The molecule has 2 unspecified atom stereocenters. The second-order valence-electron chi connectivity index (χ2n) is 5.95. The van der Waals surface area contributed by atoms with Crippen molar-refractivity contribution in [3.63, 3.8) is 0 Å². The molecule has 0 aliphatic heterocycles. The number of rotatable bonds is 4. The first kappa shape index (κ1) is 14.0. The van der Waals surface area contributed by atoms with Crippen LogP contribution in [-0.4, -0.2) is 26.0 Å². The summed E-state index contributed by atoms with van der Waals surface area (Å²) in [6.07, 6.45) is 6.18. The van der Waals surface area contributed by atoms with Gasteiger partial charge in [0.15, 0.2) is 0 Å². The molecule has 0 amide bonds. The molecule has 1 fully saturated rings. The van der Waals surface area contributed by atoms with Crippen molar-refractivity contribution in [2.75, 3.05) is 12.0 Å². The minimum absolute atomic E-state index is 0.123. The third kappa shape index (κ3) is 4.83. The Bertz CT molecular complexity index is 314. The summed E-state index contributed by atoms with van der Waals surface area (Å²) in [5.74, 6) is 1.62. The topological polar surface area (TPSA) is 60.2 Å². The SMILES string of the molecule is CC1CC(C)CC(N)(CCCS(C)(=O)=O)C1. The van der Waals surface area contributed by atoms with Crippen LogP contribution in [0.25, 0.3) is 0 Å². The van der Waals surface area contributed by atoms with Gasteiger partial charge in [-0.1, -0.05) is 13.8 Å². The molecule has 1 aliphatic carbocycles. The Hall–Kier alpha value is -0.0900. The minimum atomic E-state index is -2.83. The zero-order valence-electron chi connectivity index (χ0n) is 10.7. The van der Waals surface area contributed by atoms with Crippen molar-refractivity contribution in [3.05, 3.63) is 0 Å². The number of nitrogens with two attached hydrogens (primary N) is 1. The van der Waals surface area contributed by atoms with Crippen LogP contribution >= 0.6 is 0 Å². The third-order valence-electron chi connectivity index (χ3n) is 3.50. The van der Waals surface area contributed by atoms with Gasteiger partial charge in [-0.3, -0.25) is 0 Å². The van der Waals surface area contributed by atoms with Gasteiger partial charge in [0.2, 0.25) is 0 Å². The van der Waals surface area contributed by atoms with E-state index < -0.39 is 9.84 Å². The Morgan fingerprint density at radius 2 is 1.75 bits per heavy atom. The van der Waals surface area contributed by atoms with Gasteiger partial charge < -0.3 is 5.73 Å². The van der Waals surface area contributed by atoms with Gasteiger partial charge in [-0.05, 0) is 43.9 Å².